The minimum Gasteiger partial charge on any atom is -0.396 e. The number of hydrogen-bond donors (Lipinski definition) is 4. The third kappa shape index (κ3) is 4.51. The van der Waals surface area contributed by atoms with Crippen molar-refractivity contribution in [1.82, 2.24) is 25.0 Å². The first-order valence-electron chi connectivity index (χ1n) is 12.1. The van der Waals surface area contributed by atoms with Crippen LogP contribution in [0.2, 0.25) is 0 Å². The van der Waals surface area contributed by atoms with Gasteiger partial charge in [0, 0.05) is 24.3 Å². The highest BCUT2D eigenvalue weighted by Gasteiger charge is 2.44. The van der Waals surface area contributed by atoms with Crippen LogP contribution in [0.15, 0.2) is 29.4 Å². The van der Waals surface area contributed by atoms with Crippen molar-refractivity contribution in [3.8, 4) is 0 Å². The minimum atomic E-state index is -0.992. The van der Waals surface area contributed by atoms with Gasteiger partial charge in [0.15, 0.2) is 22.1 Å². The summed E-state index contributed by atoms with van der Waals surface area (Å²) in [4.78, 5) is 9.49. The molecule has 182 valence electrons. The third-order valence-corrected chi connectivity index (χ3v) is 8.00. The number of aromatic nitrogens is 5. The van der Waals surface area contributed by atoms with Crippen LogP contribution < -0.4 is 5.32 Å². The second kappa shape index (κ2) is 9.77. The molecular weight excluding hydrogens is 452 g/mol. The number of hydrogen-bond acceptors (Lipinski definition) is 9. The summed E-state index contributed by atoms with van der Waals surface area (Å²) in [6, 6.07) is 8.47. The molecule has 9 nitrogen and oxygen atoms in total. The summed E-state index contributed by atoms with van der Waals surface area (Å²) in [7, 11) is 0. The number of aliphatic hydroxyl groups excluding tert-OH is 3. The highest BCUT2D eigenvalue weighted by Crippen LogP contribution is 2.44. The van der Waals surface area contributed by atoms with Gasteiger partial charge in [0.05, 0.1) is 12.1 Å². The van der Waals surface area contributed by atoms with Gasteiger partial charge in [-0.15, -0.1) is 5.10 Å². The van der Waals surface area contributed by atoms with E-state index in [2.05, 4.69) is 53.7 Å². The lowest BCUT2D eigenvalue weighted by molar-refractivity contribution is 0.00107. The molecule has 2 saturated carbocycles. The largest absolute Gasteiger partial charge is 0.396 e. The SMILES string of the molecule is CCCSc1nc(NC2CC2c2ccc(C)cc2)c2nnn([C@@H]3C[C@H](CCO)[C@@H](O)[C@H]3O)c2n1. The van der Waals surface area contributed by atoms with Crippen molar-refractivity contribution < 1.29 is 15.3 Å². The van der Waals surface area contributed by atoms with Crippen molar-refractivity contribution in [3.05, 3.63) is 35.4 Å². The Balaban J connectivity index is 1.44. The third-order valence-electron chi connectivity index (χ3n) is 6.94. The first-order valence-corrected chi connectivity index (χ1v) is 13.0. The van der Waals surface area contributed by atoms with Crippen LogP contribution in [-0.2, 0) is 0 Å². The fourth-order valence-corrected chi connectivity index (χ4v) is 5.59. The zero-order chi connectivity index (χ0) is 23.8. The van der Waals surface area contributed by atoms with Crippen LogP contribution in [0.5, 0.6) is 0 Å². The smallest absolute Gasteiger partial charge is 0.191 e. The highest BCUT2D eigenvalue weighted by atomic mass is 32.2. The Labute approximate surface area is 203 Å². The van der Waals surface area contributed by atoms with Crippen molar-refractivity contribution in [3.63, 3.8) is 0 Å². The van der Waals surface area contributed by atoms with E-state index in [1.54, 1.807) is 16.4 Å². The van der Waals surface area contributed by atoms with E-state index < -0.39 is 18.2 Å². The Morgan fingerprint density at radius 3 is 2.65 bits per heavy atom. The molecule has 5 rings (SSSR count). The van der Waals surface area contributed by atoms with Crippen molar-refractivity contribution >= 4 is 28.7 Å². The molecule has 2 aliphatic carbocycles. The van der Waals surface area contributed by atoms with Crippen LogP contribution in [0, 0.1) is 12.8 Å². The molecule has 2 aliphatic rings. The molecule has 10 heteroatoms. The van der Waals surface area contributed by atoms with Crippen LogP contribution in [-0.4, -0.2) is 70.9 Å². The molecule has 2 unspecified atom stereocenters. The number of nitrogens with zero attached hydrogens (tertiary/aromatic N) is 5. The average Bonchev–Trinajstić information content (AvgIpc) is 3.38. The number of anilines is 1. The number of thioether (sulfide) groups is 1. The molecule has 2 aromatic heterocycles. The van der Waals surface area contributed by atoms with E-state index in [9.17, 15) is 15.3 Å². The molecule has 1 aromatic carbocycles. The van der Waals surface area contributed by atoms with Gasteiger partial charge in [-0.2, -0.15) is 0 Å². The maximum absolute atomic E-state index is 10.7. The van der Waals surface area contributed by atoms with E-state index in [0.29, 0.717) is 40.9 Å². The zero-order valence-corrected chi connectivity index (χ0v) is 20.3. The van der Waals surface area contributed by atoms with Crippen LogP contribution in [0.4, 0.5) is 5.82 Å². The zero-order valence-electron chi connectivity index (χ0n) is 19.5. The Hall–Kier alpha value is -2.27. The molecule has 0 aliphatic heterocycles. The Kier molecular flexibility index (Phi) is 6.74. The topological polar surface area (TPSA) is 129 Å². The fourth-order valence-electron chi connectivity index (χ4n) is 4.90. The monoisotopic (exact) mass is 484 g/mol. The van der Waals surface area contributed by atoms with E-state index >= 15 is 0 Å². The van der Waals surface area contributed by atoms with Crippen molar-refractivity contribution in [2.45, 2.75) is 74.9 Å². The van der Waals surface area contributed by atoms with Crippen LogP contribution in [0.3, 0.4) is 0 Å². The van der Waals surface area contributed by atoms with E-state index in [1.807, 2.05) is 0 Å². The van der Waals surface area contributed by atoms with Crippen molar-refractivity contribution in [2.24, 2.45) is 5.92 Å². The predicted molar refractivity (Wildman–Crippen MR) is 131 cm³/mol. The van der Waals surface area contributed by atoms with Crippen molar-refractivity contribution in [1.29, 1.82) is 0 Å². The Bertz CT molecular complexity index is 1140. The first kappa shape index (κ1) is 23.5. The van der Waals surface area contributed by atoms with E-state index in [4.69, 9.17) is 9.97 Å². The highest BCUT2D eigenvalue weighted by molar-refractivity contribution is 7.99. The molecule has 0 radical (unpaired) electrons. The van der Waals surface area contributed by atoms with Gasteiger partial charge in [-0.3, -0.25) is 0 Å². The number of nitrogens with one attached hydrogen (secondary N) is 1. The predicted octanol–water partition coefficient (Wildman–Crippen LogP) is 2.67. The Morgan fingerprint density at radius 2 is 1.91 bits per heavy atom. The average molecular weight is 485 g/mol. The van der Waals surface area contributed by atoms with Gasteiger partial charge in [-0.05, 0) is 44.1 Å². The summed E-state index contributed by atoms with van der Waals surface area (Å²) >= 11 is 1.58. The fraction of sp³-hybridized carbons (Fsp3) is 0.583. The van der Waals surface area contributed by atoms with Gasteiger partial charge in [-0.1, -0.05) is 53.7 Å². The number of fused-ring (bicyclic) bond motifs is 1. The van der Waals surface area contributed by atoms with Gasteiger partial charge in [0.25, 0.3) is 0 Å². The molecule has 2 heterocycles. The molecule has 0 bridgehead atoms. The molecule has 0 amide bonds. The molecule has 4 N–H and O–H groups in total. The lowest BCUT2D eigenvalue weighted by atomic mass is 10.0. The maximum Gasteiger partial charge on any atom is 0.191 e. The van der Waals surface area contributed by atoms with Crippen LogP contribution in [0.1, 0.15) is 55.7 Å². The molecule has 6 atom stereocenters. The van der Waals surface area contributed by atoms with Crippen LogP contribution in [0.25, 0.3) is 11.2 Å². The van der Waals surface area contributed by atoms with Crippen molar-refractivity contribution in [2.75, 3.05) is 17.7 Å². The molecule has 2 fully saturated rings. The van der Waals surface area contributed by atoms with E-state index in [-0.39, 0.29) is 18.6 Å². The number of aliphatic hydroxyl groups is 3. The summed E-state index contributed by atoms with van der Waals surface area (Å²) in [5.74, 6) is 1.79. The summed E-state index contributed by atoms with van der Waals surface area (Å²) in [5.41, 5.74) is 3.70. The maximum atomic E-state index is 10.7. The van der Waals surface area contributed by atoms with E-state index in [0.717, 1.165) is 18.6 Å². The lowest BCUT2D eigenvalue weighted by Crippen LogP contribution is -2.30. The minimum absolute atomic E-state index is 0.0309. The molecular formula is C24H32N6O3S. The molecule has 0 spiro atoms. The normalized spacial score (nSPS) is 28.5. The van der Waals surface area contributed by atoms with Gasteiger partial charge in [-0.25, -0.2) is 14.6 Å². The van der Waals surface area contributed by atoms with Gasteiger partial charge in [0.1, 0.15) is 6.10 Å². The summed E-state index contributed by atoms with van der Waals surface area (Å²) in [6.07, 6.45) is 1.06. The number of benzene rings is 1. The molecule has 0 saturated heterocycles. The Morgan fingerprint density at radius 1 is 1.12 bits per heavy atom. The lowest BCUT2D eigenvalue weighted by Gasteiger charge is -2.17. The second-order valence-electron chi connectivity index (χ2n) is 9.47. The number of aryl methyl sites for hydroxylation is 1. The molecule has 3 aromatic rings. The van der Waals surface area contributed by atoms with Gasteiger partial charge in [0.2, 0.25) is 0 Å². The second-order valence-corrected chi connectivity index (χ2v) is 10.5. The van der Waals surface area contributed by atoms with Crippen LogP contribution >= 0.6 is 11.8 Å². The molecule has 34 heavy (non-hydrogen) atoms. The summed E-state index contributed by atoms with van der Waals surface area (Å²) in [6.45, 7) is 4.18. The summed E-state index contributed by atoms with van der Waals surface area (Å²) in [5, 5.41) is 43.4. The van der Waals surface area contributed by atoms with Gasteiger partial charge >= 0.3 is 0 Å². The quantitative estimate of drug-likeness (QED) is 0.267. The summed E-state index contributed by atoms with van der Waals surface area (Å²) < 4.78 is 1.63. The van der Waals surface area contributed by atoms with E-state index in [1.165, 1.54) is 11.1 Å². The number of rotatable bonds is 9. The standard InChI is InChI=1S/C24H32N6O3S/c1-3-10-34-24-26-22(25-17-12-16(17)14-6-4-13(2)5-7-14)19-23(27-24)30(29-28-19)18-11-15(8-9-31)20(32)21(18)33/h4-7,15-18,20-21,31-33H,3,8-12H2,1-2H3,(H,25,26,27)/t15-,16?,17?,18+,20+,21-/m0/s1. The van der Waals surface area contributed by atoms with Gasteiger partial charge < -0.3 is 20.6 Å². The first-order chi connectivity index (χ1) is 16.5.